The molecule has 2 heterocycles. The Morgan fingerprint density at radius 1 is 0.894 bits per heavy atom. The van der Waals surface area contributed by atoms with Crippen LogP contribution in [-0.2, 0) is 28.8 Å². The number of aldehydes is 1. The van der Waals surface area contributed by atoms with E-state index in [1.54, 1.807) is 44.4 Å². The summed E-state index contributed by atoms with van der Waals surface area (Å²) in [4.78, 5) is 28.4. The van der Waals surface area contributed by atoms with E-state index in [9.17, 15) is 14.7 Å². The molecule has 2 aliphatic heterocycles. The number of hydrogen-bond acceptors (Lipinski definition) is 9. The van der Waals surface area contributed by atoms with Crippen molar-refractivity contribution in [3.05, 3.63) is 94.0 Å². The Kier molecular flexibility index (Phi) is 9.13. The van der Waals surface area contributed by atoms with E-state index in [2.05, 4.69) is 11.9 Å². The summed E-state index contributed by atoms with van der Waals surface area (Å²) < 4.78 is 29.7. The number of benzene rings is 3. The maximum Gasteiger partial charge on any atom is 0.254 e. The lowest BCUT2D eigenvalue weighted by Gasteiger charge is -2.36. The summed E-state index contributed by atoms with van der Waals surface area (Å²) in [6.07, 6.45) is 6.99. The number of allylic oxidation sites excluding steroid dienone is 3. The van der Waals surface area contributed by atoms with Crippen LogP contribution >= 0.6 is 0 Å². The van der Waals surface area contributed by atoms with Gasteiger partial charge in [0.2, 0.25) is 5.75 Å². The van der Waals surface area contributed by atoms with Gasteiger partial charge in [-0.2, -0.15) is 0 Å². The third kappa shape index (κ3) is 6.25. The Morgan fingerprint density at radius 3 is 2.36 bits per heavy atom. The topological polar surface area (TPSA) is 107 Å². The van der Waals surface area contributed by atoms with E-state index in [1.165, 1.54) is 7.11 Å². The first-order chi connectivity index (χ1) is 22.7. The number of fused-ring (bicyclic) bond motifs is 2. The zero-order valence-corrected chi connectivity index (χ0v) is 27.4. The second kappa shape index (κ2) is 13.4. The minimum atomic E-state index is -0.249. The molecular formula is C37H40N2O8. The van der Waals surface area contributed by atoms with Crippen LogP contribution in [0.4, 0.5) is 0 Å². The van der Waals surface area contributed by atoms with Crippen molar-refractivity contribution >= 4 is 12.2 Å². The molecule has 1 aliphatic carbocycles. The van der Waals surface area contributed by atoms with Crippen LogP contribution in [0.15, 0.2) is 66.1 Å². The molecule has 3 aliphatic rings. The highest BCUT2D eigenvalue weighted by Gasteiger charge is 2.34. The molecule has 10 nitrogen and oxygen atoms in total. The van der Waals surface area contributed by atoms with Crippen LogP contribution in [0, 0.1) is 5.92 Å². The van der Waals surface area contributed by atoms with Crippen LogP contribution < -0.4 is 18.9 Å². The fraction of sp³-hybridized carbons (Fsp3) is 0.351. The zero-order valence-electron chi connectivity index (χ0n) is 27.4. The standard InChI is InChI=1S/C37H40N2O8/c1-38-14-13-25-18-29(41)35(45-5)36(47-33-20-27-24(19-31(33)44-4)12-15-39(2)37(27)42)34(25)28(38)16-22-6-9-26(10-7-22)46-32-17-23(21-40)8-11-30(32)43-3/h6-11,18-21,23,28,41H,12-17H2,1-5H3/t23-,28+/m0/s1. The molecule has 6 rings (SSSR count). The quantitative estimate of drug-likeness (QED) is 0.283. The lowest BCUT2D eigenvalue weighted by atomic mass is 9.87. The molecule has 1 N–H and O–H groups in total. The highest BCUT2D eigenvalue weighted by atomic mass is 16.5. The van der Waals surface area contributed by atoms with E-state index in [0.29, 0.717) is 65.9 Å². The van der Waals surface area contributed by atoms with E-state index in [0.717, 1.165) is 41.5 Å². The Bertz CT molecular complexity index is 1750. The Morgan fingerprint density at radius 2 is 1.66 bits per heavy atom. The highest BCUT2D eigenvalue weighted by molar-refractivity contribution is 5.97. The van der Waals surface area contributed by atoms with Gasteiger partial charge in [0.05, 0.1) is 21.3 Å². The number of methoxy groups -OCH3 is 3. The summed E-state index contributed by atoms with van der Waals surface area (Å²) >= 11 is 0. The van der Waals surface area contributed by atoms with Crippen molar-refractivity contribution in [1.82, 2.24) is 9.80 Å². The molecule has 246 valence electrons. The van der Waals surface area contributed by atoms with Crippen molar-refractivity contribution in [3.8, 4) is 34.5 Å². The largest absolute Gasteiger partial charge is 0.504 e. The second-order valence-corrected chi connectivity index (χ2v) is 12.1. The summed E-state index contributed by atoms with van der Waals surface area (Å²) in [6, 6.07) is 13.1. The van der Waals surface area contributed by atoms with Gasteiger partial charge in [-0.1, -0.05) is 18.2 Å². The van der Waals surface area contributed by atoms with Crippen LogP contribution in [0.5, 0.6) is 34.5 Å². The number of rotatable bonds is 10. The van der Waals surface area contributed by atoms with E-state index >= 15 is 0 Å². The number of phenols is 1. The molecule has 10 heteroatoms. The van der Waals surface area contributed by atoms with E-state index in [-0.39, 0.29) is 29.4 Å². The molecule has 0 unspecified atom stereocenters. The molecule has 0 bridgehead atoms. The molecule has 0 saturated carbocycles. The number of aromatic hydroxyl groups is 1. The Labute approximate surface area is 274 Å². The van der Waals surface area contributed by atoms with Crippen LogP contribution in [0.25, 0.3) is 0 Å². The molecule has 0 aromatic heterocycles. The molecule has 2 atom stereocenters. The first kappa shape index (κ1) is 32.0. The Balaban J connectivity index is 1.34. The normalized spacial score (nSPS) is 19.2. The number of carbonyl (C=O) groups excluding carboxylic acids is 2. The molecular weight excluding hydrogens is 600 g/mol. The number of carbonyl (C=O) groups is 2. The van der Waals surface area contributed by atoms with Gasteiger partial charge in [0.1, 0.15) is 17.8 Å². The number of hydrogen-bond donors (Lipinski definition) is 1. The summed E-state index contributed by atoms with van der Waals surface area (Å²) in [5, 5.41) is 11.0. The predicted octanol–water partition coefficient (Wildman–Crippen LogP) is 5.61. The number of phenolic OH excluding ortho intramolecular Hbond substituents is 1. The molecule has 0 spiro atoms. The fourth-order valence-electron chi connectivity index (χ4n) is 6.56. The smallest absolute Gasteiger partial charge is 0.254 e. The third-order valence-corrected chi connectivity index (χ3v) is 9.22. The second-order valence-electron chi connectivity index (χ2n) is 12.1. The summed E-state index contributed by atoms with van der Waals surface area (Å²) in [7, 11) is 8.51. The van der Waals surface area contributed by atoms with Gasteiger partial charge in [-0.25, -0.2) is 0 Å². The summed E-state index contributed by atoms with van der Waals surface area (Å²) in [6.45, 7) is 1.42. The van der Waals surface area contributed by atoms with Gasteiger partial charge < -0.3 is 38.5 Å². The molecule has 0 saturated heterocycles. The van der Waals surface area contributed by atoms with Gasteiger partial charge in [-0.3, -0.25) is 9.69 Å². The van der Waals surface area contributed by atoms with Gasteiger partial charge in [0, 0.05) is 49.6 Å². The van der Waals surface area contributed by atoms with Gasteiger partial charge in [0.25, 0.3) is 5.91 Å². The number of ether oxygens (including phenoxy) is 5. The van der Waals surface area contributed by atoms with E-state index in [1.807, 2.05) is 36.4 Å². The molecule has 3 aromatic carbocycles. The number of amides is 1. The third-order valence-electron chi connectivity index (χ3n) is 9.22. The van der Waals surface area contributed by atoms with Gasteiger partial charge in [-0.05, 0) is 79.4 Å². The van der Waals surface area contributed by atoms with Gasteiger partial charge in [-0.15, -0.1) is 0 Å². The first-order valence-electron chi connectivity index (χ1n) is 15.7. The summed E-state index contributed by atoms with van der Waals surface area (Å²) in [5.74, 6) is 2.99. The van der Waals surface area contributed by atoms with Crippen molar-refractivity contribution in [2.45, 2.75) is 31.7 Å². The average molecular weight is 641 g/mol. The monoisotopic (exact) mass is 640 g/mol. The SMILES string of the molecule is COC1=C(Oc2ccc(C[C@@H]3c4c(cc(O)c(OC)c4Oc4cc5c(cc4OC)CCN(C)C5=O)CCN3C)cc2)C[C@@H](C=O)C=C1. The predicted molar refractivity (Wildman–Crippen MR) is 176 cm³/mol. The van der Waals surface area contributed by atoms with Gasteiger partial charge >= 0.3 is 0 Å². The van der Waals surface area contributed by atoms with Crippen LogP contribution in [0.1, 0.15) is 45.1 Å². The molecule has 47 heavy (non-hydrogen) atoms. The Hall–Kier alpha value is -4.96. The molecule has 3 aromatic rings. The fourth-order valence-corrected chi connectivity index (χ4v) is 6.56. The minimum Gasteiger partial charge on any atom is -0.504 e. The van der Waals surface area contributed by atoms with Crippen molar-refractivity contribution < 1.29 is 38.4 Å². The average Bonchev–Trinajstić information content (AvgIpc) is 3.08. The number of likely N-dealkylation sites (N-methyl/N-ethyl adjacent to an activating group) is 2. The van der Waals surface area contributed by atoms with Crippen molar-refractivity contribution in [1.29, 1.82) is 0 Å². The lowest BCUT2D eigenvalue weighted by molar-refractivity contribution is -0.110. The maximum absolute atomic E-state index is 13.0. The molecule has 0 radical (unpaired) electrons. The van der Waals surface area contributed by atoms with Crippen LogP contribution in [0.2, 0.25) is 0 Å². The van der Waals surface area contributed by atoms with Gasteiger partial charge in [0.15, 0.2) is 28.8 Å². The van der Waals surface area contributed by atoms with E-state index < -0.39 is 0 Å². The van der Waals surface area contributed by atoms with Crippen molar-refractivity contribution in [2.24, 2.45) is 5.92 Å². The minimum absolute atomic E-state index is 0.0158. The number of nitrogens with zero attached hydrogens (tertiary/aromatic N) is 2. The van der Waals surface area contributed by atoms with Crippen molar-refractivity contribution in [3.63, 3.8) is 0 Å². The van der Waals surface area contributed by atoms with Crippen molar-refractivity contribution in [2.75, 3.05) is 48.5 Å². The first-order valence-corrected chi connectivity index (χ1v) is 15.7. The highest BCUT2D eigenvalue weighted by Crippen LogP contribution is 2.50. The lowest BCUT2D eigenvalue weighted by Crippen LogP contribution is -2.34. The van der Waals surface area contributed by atoms with Crippen LogP contribution in [0.3, 0.4) is 0 Å². The zero-order chi connectivity index (χ0) is 33.2. The van der Waals surface area contributed by atoms with Crippen LogP contribution in [-0.4, -0.2) is 75.6 Å². The molecule has 0 fully saturated rings. The summed E-state index contributed by atoms with van der Waals surface area (Å²) in [5.41, 5.74) is 4.41. The maximum atomic E-state index is 13.0. The molecule has 1 amide bonds. The van der Waals surface area contributed by atoms with E-state index in [4.69, 9.17) is 23.7 Å².